The Kier molecular flexibility index (Phi) is 5.96. The Hall–Kier alpha value is -1.25. The summed E-state index contributed by atoms with van der Waals surface area (Å²) in [5.41, 5.74) is 6.56. The van der Waals surface area contributed by atoms with Gasteiger partial charge in [0.2, 0.25) is 0 Å². The molecule has 0 heterocycles. The number of nitrogens with zero attached hydrogens (tertiary/aromatic N) is 1. The predicted molar refractivity (Wildman–Crippen MR) is 73.5 cm³/mol. The van der Waals surface area contributed by atoms with Crippen molar-refractivity contribution in [2.24, 2.45) is 5.73 Å². The molecule has 0 fully saturated rings. The van der Waals surface area contributed by atoms with E-state index in [1.807, 2.05) is 26.0 Å². The van der Waals surface area contributed by atoms with Crippen molar-refractivity contribution in [2.45, 2.75) is 32.9 Å². The Morgan fingerprint density at radius 3 is 2.67 bits per heavy atom. The standard InChI is InChI=1S/C13H17BrN2O2/c1-3-10(8-16)18-13-11(14)5-9(7-15)6-12(13)17-4-2/h5-6,10H,3-4,7,15H2,1-2H3. The predicted octanol–water partition coefficient (Wildman–Crippen LogP) is 2.99. The van der Waals surface area contributed by atoms with E-state index < -0.39 is 6.10 Å². The van der Waals surface area contributed by atoms with E-state index in [4.69, 9.17) is 20.5 Å². The van der Waals surface area contributed by atoms with Gasteiger partial charge in [-0.1, -0.05) is 6.92 Å². The Morgan fingerprint density at radius 2 is 2.17 bits per heavy atom. The van der Waals surface area contributed by atoms with Crippen molar-refractivity contribution in [3.05, 3.63) is 22.2 Å². The average Bonchev–Trinajstić information content (AvgIpc) is 2.38. The molecular weight excluding hydrogens is 296 g/mol. The molecule has 1 aromatic rings. The minimum atomic E-state index is -0.482. The van der Waals surface area contributed by atoms with Crippen LogP contribution >= 0.6 is 15.9 Å². The van der Waals surface area contributed by atoms with Gasteiger partial charge in [-0.2, -0.15) is 5.26 Å². The fourth-order valence-electron chi connectivity index (χ4n) is 1.46. The zero-order valence-electron chi connectivity index (χ0n) is 10.6. The van der Waals surface area contributed by atoms with E-state index in [1.54, 1.807) is 0 Å². The third kappa shape index (κ3) is 3.62. The summed E-state index contributed by atoms with van der Waals surface area (Å²) >= 11 is 3.43. The molecule has 0 saturated heterocycles. The maximum Gasteiger partial charge on any atom is 0.184 e. The maximum atomic E-state index is 8.95. The monoisotopic (exact) mass is 312 g/mol. The molecular formula is C13H17BrN2O2. The van der Waals surface area contributed by atoms with Crippen LogP contribution in [0.1, 0.15) is 25.8 Å². The quantitative estimate of drug-likeness (QED) is 0.876. The van der Waals surface area contributed by atoms with Crippen molar-refractivity contribution in [2.75, 3.05) is 6.61 Å². The highest BCUT2D eigenvalue weighted by molar-refractivity contribution is 9.10. The molecule has 2 N–H and O–H groups in total. The van der Waals surface area contributed by atoms with E-state index in [1.165, 1.54) is 0 Å². The van der Waals surface area contributed by atoms with Crippen LogP contribution < -0.4 is 15.2 Å². The van der Waals surface area contributed by atoms with Gasteiger partial charge in [-0.25, -0.2) is 0 Å². The van der Waals surface area contributed by atoms with Gasteiger partial charge in [0.15, 0.2) is 17.6 Å². The van der Waals surface area contributed by atoms with Crippen LogP contribution in [0.4, 0.5) is 0 Å². The molecule has 0 bridgehead atoms. The molecule has 0 aliphatic carbocycles. The van der Waals surface area contributed by atoms with E-state index in [0.29, 0.717) is 31.1 Å². The van der Waals surface area contributed by atoms with E-state index >= 15 is 0 Å². The molecule has 0 saturated carbocycles. The Bertz CT molecular complexity index is 443. The number of ether oxygens (including phenoxy) is 2. The van der Waals surface area contributed by atoms with Crippen molar-refractivity contribution in [3.8, 4) is 17.6 Å². The maximum absolute atomic E-state index is 8.95. The van der Waals surface area contributed by atoms with Crippen molar-refractivity contribution in [1.82, 2.24) is 0 Å². The molecule has 1 unspecified atom stereocenters. The van der Waals surface area contributed by atoms with Crippen molar-refractivity contribution in [1.29, 1.82) is 5.26 Å². The molecule has 5 heteroatoms. The van der Waals surface area contributed by atoms with Gasteiger partial charge in [0.05, 0.1) is 11.1 Å². The lowest BCUT2D eigenvalue weighted by atomic mass is 10.2. The Balaban J connectivity index is 3.11. The first kappa shape index (κ1) is 14.8. The van der Waals surface area contributed by atoms with Crippen LogP contribution in [0, 0.1) is 11.3 Å². The van der Waals surface area contributed by atoms with Gasteiger partial charge < -0.3 is 15.2 Å². The van der Waals surface area contributed by atoms with Crippen molar-refractivity contribution < 1.29 is 9.47 Å². The molecule has 1 aromatic carbocycles. The van der Waals surface area contributed by atoms with Crippen LogP contribution in [0.5, 0.6) is 11.5 Å². The molecule has 0 aliphatic rings. The summed E-state index contributed by atoms with van der Waals surface area (Å²) in [6, 6.07) is 5.82. The van der Waals surface area contributed by atoms with Crippen LogP contribution in [0.15, 0.2) is 16.6 Å². The molecule has 18 heavy (non-hydrogen) atoms. The molecule has 1 atom stereocenters. The second kappa shape index (κ2) is 7.24. The van der Waals surface area contributed by atoms with Crippen molar-refractivity contribution in [3.63, 3.8) is 0 Å². The molecule has 1 rings (SSSR count). The molecule has 0 aromatic heterocycles. The van der Waals surface area contributed by atoms with E-state index in [9.17, 15) is 0 Å². The van der Waals surface area contributed by atoms with Gasteiger partial charge in [-0.15, -0.1) is 0 Å². The van der Waals surface area contributed by atoms with Crippen molar-refractivity contribution >= 4 is 15.9 Å². The van der Waals surface area contributed by atoms with Crippen LogP contribution in [-0.2, 0) is 6.54 Å². The average molecular weight is 313 g/mol. The first-order valence-electron chi connectivity index (χ1n) is 5.87. The van der Waals surface area contributed by atoms with Gasteiger partial charge >= 0.3 is 0 Å². The van der Waals surface area contributed by atoms with E-state index in [2.05, 4.69) is 22.0 Å². The fraction of sp³-hybridized carbons (Fsp3) is 0.462. The summed E-state index contributed by atoms with van der Waals surface area (Å²) in [6.45, 7) is 4.75. The molecule has 0 aliphatic heterocycles. The number of hydrogen-bond acceptors (Lipinski definition) is 4. The molecule has 0 radical (unpaired) electrons. The summed E-state index contributed by atoms with van der Waals surface area (Å²) in [6.07, 6.45) is 0.136. The first-order chi connectivity index (χ1) is 8.65. The number of rotatable bonds is 6. The molecule has 0 amide bonds. The Morgan fingerprint density at radius 1 is 1.44 bits per heavy atom. The normalized spacial score (nSPS) is 11.7. The summed E-state index contributed by atoms with van der Waals surface area (Å²) in [5.74, 6) is 1.17. The SMILES string of the molecule is CCOc1cc(CN)cc(Br)c1OC(C#N)CC. The summed E-state index contributed by atoms with van der Waals surface area (Å²) in [4.78, 5) is 0. The second-order valence-electron chi connectivity index (χ2n) is 3.69. The number of halogens is 1. The second-order valence-corrected chi connectivity index (χ2v) is 4.54. The van der Waals surface area contributed by atoms with Crippen LogP contribution in [-0.4, -0.2) is 12.7 Å². The highest BCUT2D eigenvalue weighted by Gasteiger charge is 2.16. The zero-order valence-corrected chi connectivity index (χ0v) is 12.2. The Labute approximate surface area is 116 Å². The summed E-state index contributed by atoms with van der Waals surface area (Å²) in [5, 5.41) is 8.95. The lowest BCUT2D eigenvalue weighted by Crippen LogP contribution is -2.14. The number of hydrogen-bond donors (Lipinski definition) is 1. The van der Waals surface area contributed by atoms with Gasteiger partial charge in [-0.3, -0.25) is 0 Å². The van der Waals surface area contributed by atoms with Gasteiger partial charge in [0.1, 0.15) is 6.07 Å². The number of benzene rings is 1. The lowest BCUT2D eigenvalue weighted by Gasteiger charge is -2.17. The highest BCUT2D eigenvalue weighted by atomic mass is 79.9. The minimum absolute atomic E-state index is 0.425. The van der Waals surface area contributed by atoms with Gasteiger partial charge in [-0.05, 0) is 47.0 Å². The largest absolute Gasteiger partial charge is 0.490 e. The smallest absolute Gasteiger partial charge is 0.184 e. The third-order valence-electron chi connectivity index (χ3n) is 2.38. The first-order valence-corrected chi connectivity index (χ1v) is 6.67. The van der Waals surface area contributed by atoms with Crippen LogP contribution in [0.25, 0.3) is 0 Å². The highest BCUT2D eigenvalue weighted by Crippen LogP contribution is 2.37. The minimum Gasteiger partial charge on any atom is -0.490 e. The lowest BCUT2D eigenvalue weighted by molar-refractivity contribution is 0.230. The topological polar surface area (TPSA) is 68.3 Å². The van der Waals surface area contributed by atoms with Crippen LogP contribution in [0.3, 0.4) is 0 Å². The third-order valence-corrected chi connectivity index (χ3v) is 2.97. The summed E-state index contributed by atoms with van der Waals surface area (Å²) in [7, 11) is 0. The fourth-order valence-corrected chi connectivity index (χ4v) is 2.04. The summed E-state index contributed by atoms with van der Waals surface area (Å²) < 4.78 is 11.9. The molecule has 98 valence electrons. The number of nitrogens with two attached hydrogens (primary N) is 1. The molecule has 4 nitrogen and oxygen atoms in total. The van der Waals surface area contributed by atoms with Gasteiger partial charge in [0.25, 0.3) is 0 Å². The molecule has 0 spiro atoms. The van der Waals surface area contributed by atoms with E-state index in [-0.39, 0.29) is 0 Å². The van der Waals surface area contributed by atoms with E-state index in [0.717, 1.165) is 10.0 Å². The number of nitriles is 1. The zero-order chi connectivity index (χ0) is 13.5. The van der Waals surface area contributed by atoms with Gasteiger partial charge in [0, 0.05) is 6.54 Å². The van der Waals surface area contributed by atoms with Crippen LogP contribution in [0.2, 0.25) is 0 Å².